The van der Waals surface area contributed by atoms with Crippen molar-refractivity contribution in [1.82, 2.24) is 0 Å². The second kappa shape index (κ2) is 4.19. The summed E-state index contributed by atoms with van der Waals surface area (Å²) in [6.07, 6.45) is 4.26. The first-order valence-electron chi connectivity index (χ1n) is 6.49. The average Bonchev–Trinajstić information content (AvgIpc) is 2.36. The van der Waals surface area contributed by atoms with Gasteiger partial charge in [-0.25, -0.2) is 9.98 Å². The molecule has 3 rings (SSSR count). The zero-order valence-corrected chi connectivity index (χ0v) is 11.2. The third-order valence-electron chi connectivity index (χ3n) is 3.61. The van der Waals surface area contributed by atoms with Crippen molar-refractivity contribution in [1.29, 1.82) is 0 Å². The summed E-state index contributed by atoms with van der Waals surface area (Å²) in [5, 5.41) is 2.41. The van der Waals surface area contributed by atoms with Crippen LogP contribution in [0.3, 0.4) is 0 Å². The molecule has 0 aromatic heterocycles. The molecule has 1 aliphatic heterocycles. The quantitative estimate of drug-likeness (QED) is 0.803. The number of fused-ring (bicyclic) bond motifs is 2. The van der Waals surface area contributed by atoms with Crippen LogP contribution in [-0.2, 0) is 0 Å². The van der Waals surface area contributed by atoms with E-state index >= 15 is 0 Å². The van der Waals surface area contributed by atoms with Crippen LogP contribution < -0.4 is 16.2 Å². The van der Waals surface area contributed by atoms with Crippen LogP contribution in [0.2, 0.25) is 0 Å². The highest BCUT2D eigenvalue weighted by Gasteiger charge is 2.22. The lowest BCUT2D eigenvalue weighted by Gasteiger charge is -2.20. The molecule has 1 aliphatic carbocycles. The second-order valence-electron chi connectivity index (χ2n) is 5.33. The Balaban J connectivity index is 2.20. The minimum atomic E-state index is 0.0576. The fraction of sp³-hybridized carbons (Fsp3) is 0.250. The average molecular weight is 251 g/mol. The minimum Gasteiger partial charge on any atom is -0.368 e. The highest BCUT2D eigenvalue weighted by molar-refractivity contribution is 6.21. The van der Waals surface area contributed by atoms with E-state index in [1.807, 2.05) is 0 Å². The smallest absolute Gasteiger partial charge is 0.220 e. The molecule has 1 unspecified atom stereocenters. The molecule has 0 bridgehead atoms. The third-order valence-corrected chi connectivity index (χ3v) is 3.61. The van der Waals surface area contributed by atoms with E-state index in [2.05, 4.69) is 60.8 Å². The van der Waals surface area contributed by atoms with Gasteiger partial charge >= 0.3 is 0 Å². The van der Waals surface area contributed by atoms with Gasteiger partial charge in [-0.05, 0) is 28.0 Å². The molecular formula is C16H17N3. The SMILES string of the molecule is C=C1N=C(N)N=C2C=c3ccc(C(C)C)cc3=CC12. The number of allylic oxidation sites excluding steroid dienone is 1. The van der Waals surface area contributed by atoms with Gasteiger partial charge in [0.15, 0.2) is 0 Å². The topological polar surface area (TPSA) is 50.7 Å². The predicted molar refractivity (Wildman–Crippen MR) is 80.4 cm³/mol. The van der Waals surface area contributed by atoms with E-state index in [0.29, 0.717) is 11.9 Å². The van der Waals surface area contributed by atoms with Crippen LogP contribution in [0.1, 0.15) is 25.3 Å². The molecule has 1 aromatic carbocycles. The zero-order valence-electron chi connectivity index (χ0n) is 11.2. The molecule has 1 heterocycles. The fourth-order valence-corrected chi connectivity index (χ4v) is 2.48. The maximum atomic E-state index is 5.68. The molecule has 3 nitrogen and oxygen atoms in total. The van der Waals surface area contributed by atoms with Crippen LogP contribution in [0.25, 0.3) is 12.2 Å². The number of nitrogens with zero attached hydrogens (tertiary/aromatic N) is 2. The molecular weight excluding hydrogens is 234 g/mol. The van der Waals surface area contributed by atoms with E-state index in [4.69, 9.17) is 5.73 Å². The Morgan fingerprint density at radius 3 is 2.74 bits per heavy atom. The summed E-state index contributed by atoms with van der Waals surface area (Å²) >= 11 is 0. The van der Waals surface area contributed by atoms with Crippen molar-refractivity contribution in [3.63, 3.8) is 0 Å². The molecule has 0 amide bonds. The van der Waals surface area contributed by atoms with E-state index in [1.54, 1.807) is 0 Å². The van der Waals surface area contributed by atoms with Gasteiger partial charge in [0.25, 0.3) is 0 Å². The molecule has 0 saturated heterocycles. The van der Waals surface area contributed by atoms with Gasteiger partial charge in [-0.15, -0.1) is 0 Å². The van der Waals surface area contributed by atoms with Gasteiger partial charge in [0, 0.05) is 0 Å². The molecule has 0 radical (unpaired) electrons. The predicted octanol–water partition coefficient (Wildman–Crippen LogP) is 1.28. The number of benzene rings is 1. The van der Waals surface area contributed by atoms with E-state index in [1.165, 1.54) is 16.0 Å². The number of nitrogens with two attached hydrogens (primary N) is 1. The van der Waals surface area contributed by atoms with Crippen molar-refractivity contribution in [3.05, 3.63) is 46.5 Å². The first-order chi connectivity index (χ1) is 9.04. The van der Waals surface area contributed by atoms with Crippen LogP contribution >= 0.6 is 0 Å². The minimum absolute atomic E-state index is 0.0576. The maximum Gasteiger partial charge on any atom is 0.220 e. The van der Waals surface area contributed by atoms with Gasteiger partial charge in [-0.1, -0.05) is 44.7 Å². The molecule has 2 N–H and O–H groups in total. The molecule has 2 aliphatic rings. The number of aliphatic imine (C=N–C) groups is 2. The first kappa shape index (κ1) is 11.9. The fourth-order valence-electron chi connectivity index (χ4n) is 2.48. The van der Waals surface area contributed by atoms with Gasteiger partial charge < -0.3 is 5.73 Å². The molecule has 0 saturated carbocycles. The van der Waals surface area contributed by atoms with Crippen LogP contribution in [0, 0.1) is 5.92 Å². The van der Waals surface area contributed by atoms with Crippen LogP contribution in [0.4, 0.5) is 0 Å². The van der Waals surface area contributed by atoms with E-state index < -0.39 is 0 Å². The number of hydrogen-bond acceptors (Lipinski definition) is 3. The van der Waals surface area contributed by atoms with Crippen molar-refractivity contribution in [3.8, 4) is 0 Å². The maximum absolute atomic E-state index is 5.68. The van der Waals surface area contributed by atoms with Crippen LogP contribution in [0.5, 0.6) is 0 Å². The summed E-state index contributed by atoms with van der Waals surface area (Å²) < 4.78 is 0. The first-order valence-corrected chi connectivity index (χ1v) is 6.49. The normalized spacial score (nSPS) is 20.8. The zero-order chi connectivity index (χ0) is 13.6. The summed E-state index contributed by atoms with van der Waals surface area (Å²) in [7, 11) is 0. The standard InChI is InChI=1S/C16H17N3/c1-9(2)11-4-5-12-8-15-14(7-13(12)6-11)10(3)18-16(17)19-15/h4-9,14H,3H2,1-2H3,(H2,17,18). The number of hydrogen-bond donors (Lipinski definition) is 1. The molecule has 96 valence electrons. The number of guanidine groups is 1. The van der Waals surface area contributed by atoms with Crippen molar-refractivity contribution in [2.45, 2.75) is 19.8 Å². The summed E-state index contributed by atoms with van der Waals surface area (Å²) in [4.78, 5) is 8.47. The Labute approximate surface area is 112 Å². The van der Waals surface area contributed by atoms with Crippen LogP contribution in [0.15, 0.2) is 40.5 Å². The molecule has 1 atom stereocenters. The Bertz CT molecular complexity index is 736. The second-order valence-corrected chi connectivity index (χ2v) is 5.33. The van der Waals surface area contributed by atoms with Crippen molar-refractivity contribution in [2.75, 3.05) is 0 Å². The largest absolute Gasteiger partial charge is 0.368 e. The Morgan fingerprint density at radius 1 is 1.21 bits per heavy atom. The van der Waals surface area contributed by atoms with E-state index in [-0.39, 0.29) is 5.92 Å². The molecule has 3 heteroatoms. The Kier molecular flexibility index (Phi) is 2.63. The number of rotatable bonds is 1. The van der Waals surface area contributed by atoms with Gasteiger partial charge in [-0.2, -0.15) is 0 Å². The highest BCUT2D eigenvalue weighted by Crippen LogP contribution is 2.21. The summed E-state index contributed by atoms with van der Waals surface area (Å²) in [6.45, 7) is 8.38. The molecule has 19 heavy (non-hydrogen) atoms. The lowest BCUT2D eigenvalue weighted by Crippen LogP contribution is -2.36. The van der Waals surface area contributed by atoms with E-state index in [9.17, 15) is 0 Å². The summed E-state index contributed by atoms with van der Waals surface area (Å²) in [6, 6.07) is 6.55. The van der Waals surface area contributed by atoms with Gasteiger partial charge in [-0.3, -0.25) is 0 Å². The lowest BCUT2D eigenvalue weighted by molar-refractivity contribution is 0.864. The molecule has 1 aromatic rings. The Hall–Kier alpha value is -2.16. The lowest BCUT2D eigenvalue weighted by atomic mass is 9.90. The van der Waals surface area contributed by atoms with Crippen molar-refractivity contribution < 1.29 is 0 Å². The summed E-state index contributed by atoms with van der Waals surface area (Å²) in [5.74, 6) is 0.877. The van der Waals surface area contributed by atoms with E-state index in [0.717, 1.165) is 11.4 Å². The summed E-state index contributed by atoms with van der Waals surface area (Å²) in [5.41, 5.74) is 8.72. The Morgan fingerprint density at radius 2 is 2.00 bits per heavy atom. The molecule has 0 spiro atoms. The van der Waals surface area contributed by atoms with Gasteiger partial charge in [0.05, 0.1) is 17.3 Å². The van der Waals surface area contributed by atoms with Crippen LogP contribution in [-0.4, -0.2) is 11.7 Å². The third kappa shape index (κ3) is 2.01. The van der Waals surface area contributed by atoms with Gasteiger partial charge in [0.1, 0.15) is 0 Å². The monoisotopic (exact) mass is 251 g/mol. The van der Waals surface area contributed by atoms with Crippen molar-refractivity contribution in [2.24, 2.45) is 21.6 Å². The van der Waals surface area contributed by atoms with Gasteiger partial charge in [0.2, 0.25) is 5.96 Å². The molecule has 0 fully saturated rings. The highest BCUT2D eigenvalue weighted by atomic mass is 15.1. The van der Waals surface area contributed by atoms with Crippen molar-refractivity contribution >= 4 is 23.8 Å².